The molecule has 0 saturated heterocycles. The molecule has 0 amide bonds. The van der Waals surface area contributed by atoms with Crippen molar-refractivity contribution in [2.45, 2.75) is 58.9 Å². The van der Waals surface area contributed by atoms with Crippen molar-refractivity contribution in [3.05, 3.63) is 34.0 Å². The summed E-state index contributed by atoms with van der Waals surface area (Å²) in [4.78, 5) is 15.0. The van der Waals surface area contributed by atoms with E-state index in [0.717, 1.165) is 49.1 Å². The smallest absolute Gasteiger partial charge is 0.179 e. The maximum absolute atomic E-state index is 12.9. The lowest BCUT2D eigenvalue weighted by Crippen LogP contribution is -2.49. The van der Waals surface area contributed by atoms with Gasteiger partial charge in [0, 0.05) is 24.2 Å². The fourth-order valence-electron chi connectivity index (χ4n) is 3.92. The lowest BCUT2D eigenvalue weighted by Gasteiger charge is -2.41. The Hall–Kier alpha value is -1.79. The minimum absolute atomic E-state index is 0.174. The summed E-state index contributed by atoms with van der Waals surface area (Å²) in [6.07, 6.45) is 4.12. The number of carbonyl (C=O) groups excluding carboxylic acids is 1. The largest absolute Gasteiger partial charge is 0.490 e. The minimum atomic E-state index is -0.324. The third-order valence-electron chi connectivity index (χ3n) is 5.12. The molecule has 0 saturated carbocycles. The van der Waals surface area contributed by atoms with E-state index in [1.54, 1.807) is 0 Å². The Morgan fingerprint density at radius 1 is 1.21 bits per heavy atom. The lowest BCUT2D eigenvalue weighted by molar-refractivity contribution is -0.116. The molecule has 0 bridgehead atoms. The van der Waals surface area contributed by atoms with E-state index < -0.39 is 0 Å². The van der Waals surface area contributed by atoms with Gasteiger partial charge in [0.15, 0.2) is 22.4 Å². The molecule has 0 spiro atoms. The highest BCUT2D eigenvalue weighted by Crippen LogP contribution is 2.43. The quantitative estimate of drug-likeness (QED) is 0.567. The van der Waals surface area contributed by atoms with Crippen molar-refractivity contribution in [3.8, 4) is 11.5 Å². The van der Waals surface area contributed by atoms with Crippen LogP contribution in [0.2, 0.25) is 5.02 Å². The molecule has 5 nitrogen and oxygen atoms in total. The van der Waals surface area contributed by atoms with E-state index in [-0.39, 0.29) is 11.8 Å². The summed E-state index contributed by atoms with van der Waals surface area (Å²) in [5.41, 5.74) is 2.72. The van der Waals surface area contributed by atoms with Crippen LogP contribution in [0.1, 0.15) is 64.5 Å². The van der Waals surface area contributed by atoms with Crippen molar-refractivity contribution in [2.24, 2.45) is 0 Å². The number of ketones is 1. The van der Waals surface area contributed by atoms with E-state index in [9.17, 15) is 4.79 Å². The predicted octanol–water partition coefficient (Wildman–Crippen LogP) is 5.18. The Bertz CT molecular complexity index is 825. The van der Waals surface area contributed by atoms with Crippen molar-refractivity contribution < 1.29 is 14.3 Å². The first-order valence-electron chi connectivity index (χ1n) is 10.4. The van der Waals surface area contributed by atoms with Crippen molar-refractivity contribution >= 4 is 34.7 Å². The molecular formula is C22H29ClN2O3S. The second-order valence-corrected chi connectivity index (χ2v) is 8.08. The summed E-state index contributed by atoms with van der Waals surface area (Å²) in [6.45, 7) is 7.94. The van der Waals surface area contributed by atoms with Crippen LogP contribution in [0.15, 0.2) is 23.4 Å². The molecule has 0 aromatic heterocycles. The highest BCUT2D eigenvalue weighted by molar-refractivity contribution is 7.80. The molecule has 0 radical (unpaired) electrons. The number of hydrogen-bond acceptors (Lipinski definition) is 4. The van der Waals surface area contributed by atoms with Crippen molar-refractivity contribution in [1.29, 1.82) is 0 Å². The molecule has 1 aliphatic carbocycles. The molecule has 29 heavy (non-hydrogen) atoms. The summed E-state index contributed by atoms with van der Waals surface area (Å²) in [5, 5.41) is 4.52. The summed E-state index contributed by atoms with van der Waals surface area (Å²) in [7, 11) is 0. The molecule has 1 aliphatic heterocycles. The van der Waals surface area contributed by atoms with Gasteiger partial charge in [-0.1, -0.05) is 25.4 Å². The first-order valence-corrected chi connectivity index (χ1v) is 11.2. The summed E-state index contributed by atoms with van der Waals surface area (Å²) >= 11 is 12.2. The highest BCUT2D eigenvalue weighted by atomic mass is 35.5. The second-order valence-electron chi connectivity index (χ2n) is 7.28. The predicted molar refractivity (Wildman–Crippen MR) is 120 cm³/mol. The lowest BCUT2D eigenvalue weighted by atomic mass is 9.84. The molecule has 3 rings (SSSR count). The van der Waals surface area contributed by atoms with Crippen molar-refractivity contribution in [3.63, 3.8) is 0 Å². The average molecular weight is 437 g/mol. The molecular weight excluding hydrogens is 408 g/mol. The van der Waals surface area contributed by atoms with Gasteiger partial charge in [-0.3, -0.25) is 4.79 Å². The number of ether oxygens (including phenoxy) is 2. The molecule has 2 aliphatic rings. The number of hydrogen-bond donors (Lipinski definition) is 1. The molecule has 158 valence electrons. The maximum atomic E-state index is 12.9. The van der Waals surface area contributed by atoms with Crippen LogP contribution in [-0.2, 0) is 4.79 Å². The Kier molecular flexibility index (Phi) is 7.41. The zero-order chi connectivity index (χ0) is 21.0. The zero-order valence-electron chi connectivity index (χ0n) is 17.3. The molecule has 1 unspecified atom stereocenters. The minimum Gasteiger partial charge on any atom is -0.490 e. The number of allylic oxidation sites excluding steroid dienone is 1. The SMILES string of the molecule is CCCOc1c(Cl)cc(C2NC(=S)N(CCC)C3=C2C(=O)CCC3)cc1OCC. The van der Waals surface area contributed by atoms with E-state index in [4.69, 9.17) is 33.3 Å². The van der Waals surface area contributed by atoms with E-state index in [1.165, 1.54) is 0 Å². The Morgan fingerprint density at radius 3 is 2.69 bits per heavy atom. The van der Waals surface area contributed by atoms with Gasteiger partial charge in [0.1, 0.15) is 0 Å². The van der Waals surface area contributed by atoms with Crippen LogP contribution in [-0.4, -0.2) is 35.6 Å². The zero-order valence-corrected chi connectivity index (χ0v) is 18.9. The van der Waals surface area contributed by atoms with Gasteiger partial charge in [-0.15, -0.1) is 0 Å². The van der Waals surface area contributed by atoms with E-state index in [2.05, 4.69) is 17.1 Å². The van der Waals surface area contributed by atoms with Gasteiger partial charge in [0.2, 0.25) is 0 Å². The fourth-order valence-corrected chi connectivity index (χ4v) is 4.52. The number of nitrogens with zero attached hydrogens (tertiary/aromatic N) is 1. The van der Waals surface area contributed by atoms with Gasteiger partial charge in [-0.05, 0) is 62.5 Å². The van der Waals surface area contributed by atoms with Gasteiger partial charge >= 0.3 is 0 Å². The standard InChI is InChI=1S/C22H29ClN2O3S/c1-4-10-25-16-8-7-9-17(26)19(16)20(24-22(25)29)14-12-15(23)21(28-11-5-2)18(13-14)27-6-3/h12-13,20H,4-11H2,1-3H3,(H,24,29). The Balaban J connectivity index is 2.07. The average Bonchev–Trinajstić information content (AvgIpc) is 2.69. The molecule has 1 N–H and O–H groups in total. The van der Waals surface area contributed by atoms with E-state index >= 15 is 0 Å². The normalized spacial score (nSPS) is 19.2. The number of Topliss-reactive ketones (excluding diaryl/α,β-unsaturated/α-hetero) is 1. The second kappa shape index (κ2) is 9.81. The molecule has 1 heterocycles. The number of rotatable bonds is 8. The number of nitrogens with one attached hydrogen (secondary N) is 1. The molecule has 0 fully saturated rings. The van der Waals surface area contributed by atoms with Crippen LogP contribution >= 0.6 is 23.8 Å². The molecule has 7 heteroatoms. The van der Waals surface area contributed by atoms with Gasteiger partial charge in [-0.25, -0.2) is 0 Å². The summed E-state index contributed by atoms with van der Waals surface area (Å²) in [6, 6.07) is 3.45. The van der Waals surface area contributed by atoms with Gasteiger partial charge in [-0.2, -0.15) is 0 Å². The monoisotopic (exact) mass is 436 g/mol. The third-order valence-corrected chi connectivity index (χ3v) is 5.74. The molecule has 1 atom stereocenters. The van der Waals surface area contributed by atoms with Gasteiger partial charge in [0.25, 0.3) is 0 Å². The Morgan fingerprint density at radius 2 is 2.00 bits per heavy atom. The van der Waals surface area contributed by atoms with E-state index in [0.29, 0.717) is 41.3 Å². The van der Waals surface area contributed by atoms with Crippen LogP contribution in [0, 0.1) is 0 Å². The maximum Gasteiger partial charge on any atom is 0.179 e. The molecule has 1 aromatic carbocycles. The van der Waals surface area contributed by atoms with Crippen molar-refractivity contribution in [2.75, 3.05) is 19.8 Å². The van der Waals surface area contributed by atoms with Gasteiger partial charge < -0.3 is 19.7 Å². The Labute approximate surface area is 183 Å². The first-order chi connectivity index (χ1) is 14.0. The topological polar surface area (TPSA) is 50.8 Å². The summed E-state index contributed by atoms with van der Waals surface area (Å²) < 4.78 is 11.6. The third kappa shape index (κ3) is 4.53. The van der Waals surface area contributed by atoms with Crippen LogP contribution in [0.5, 0.6) is 11.5 Å². The van der Waals surface area contributed by atoms with E-state index in [1.807, 2.05) is 26.0 Å². The molecule has 1 aromatic rings. The number of halogens is 1. The summed E-state index contributed by atoms with van der Waals surface area (Å²) in [5.74, 6) is 1.32. The van der Waals surface area contributed by atoms with Crippen LogP contribution < -0.4 is 14.8 Å². The van der Waals surface area contributed by atoms with Crippen LogP contribution in [0.4, 0.5) is 0 Å². The van der Waals surface area contributed by atoms with Crippen molar-refractivity contribution in [1.82, 2.24) is 10.2 Å². The van der Waals surface area contributed by atoms with Crippen LogP contribution in [0.3, 0.4) is 0 Å². The van der Waals surface area contributed by atoms with Gasteiger partial charge in [0.05, 0.1) is 24.3 Å². The fraction of sp³-hybridized carbons (Fsp3) is 0.545. The first kappa shape index (κ1) is 21.9. The number of benzene rings is 1. The number of thiocarbonyl (C=S) groups is 1. The number of carbonyl (C=O) groups is 1. The highest BCUT2D eigenvalue weighted by Gasteiger charge is 2.37. The van der Waals surface area contributed by atoms with Crippen LogP contribution in [0.25, 0.3) is 0 Å².